The molecule has 2 unspecified atom stereocenters. The van der Waals surface area contributed by atoms with E-state index in [9.17, 15) is 4.79 Å². The summed E-state index contributed by atoms with van der Waals surface area (Å²) in [6.07, 6.45) is 11.5. The van der Waals surface area contributed by atoms with Gasteiger partial charge in [-0.3, -0.25) is 9.36 Å². The average Bonchev–Trinajstić information content (AvgIpc) is 2.71. The lowest BCUT2D eigenvalue weighted by molar-refractivity contribution is 0.0155. The number of nitrogens with zero attached hydrogens (tertiary/aromatic N) is 5. The molecule has 1 fully saturated rings. The van der Waals surface area contributed by atoms with E-state index >= 15 is 0 Å². The van der Waals surface area contributed by atoms with Gasteiger partial charge in [-0.15, -0.1) is 0 Å². The number of aromatic nitrogens is 4. The molecule has 0 radical (unpaired) electrons. The first kappa shape index (κ1) is 18.1. The number of hydrogen-bond acceptors (Lipinski definition) is 6. The molecule has 0 bridgehead atoms. The van der Waals surface area contributed by atoms with Crippen LogP contribution in [0.15, 0.2) is 53.8 Å². The highest BCUT2D eigenvalue weighted by Crippen LogP contribution is 2.28. The van der Waals surface area contributed by atoms with E-state index in [1.54, 1.807) is 23.9 Å². The molecule has 2 aliphatic rings. The minimum Gasteiger partial charge on any atom is -0.374 e. The first-order valence-corrected chi connectivity index (χ1v) is 9.75. The van der Waals surface area contributed by atoms with Gasteiger partial charge in [-0.2, -0.15) is 0 Å². The van der Waals surface area contributed by atoms with Crippen molar-refractivity contribution in [3.63, 3.8) is 0 Å². The third-order valence-electron chi connectivity index (χ3n) is 4.87. The van der Waals surface area contributed by atoms with Crippen molar-refractivity contribution in [3.8, 4) is 11.4 Å². The first-order chi connectivity index (χ1) is 13.1. The van der Waals surface area contributed by atoms with Crippen LogP contribution in [-0.4, -0.2) is 50.1 Å². The SMILES string of the molecule is Cn1c(N2CCO[C@H](C3C=CC=CC3Br)C2)nc(-c2ccncn2)cc1=O. The second kappa shape index (κ2) is 7.74. The summed E-state index contributed by atoms with van der Waals surface area (Å²) in [6, 6.07) is 3.26. The molecular weight excluding hydrogens is 410 g/mol. The number of rotatable bonds is 3. The minimum atomic E-state index is -0.115. The second-order valence-corrected chi connectivity index (χ2v) is 7.64. The lowest BCUT2D eigenvalue weighted by Crippen LogP contribution is -2.49. The van der Waals surface area contributed by atoms with Crippen molar-refractivity contribution in [2.75, 3.05) is 24.6 Å². The summed E-state index contributed by atoms with van der Waals surface area (Å²) in [5.74, 6) is 0.866. The van der Waals surface area contributed by atoms with E-state index in [2.05, 4.69) is 49.0 Å². The number of ether oxygens (including phenoxy) is 1. The molecule has 0 amide bonds. The van der Waals surface area contributed by atoms with Gasteiger partial charge >= 0.3 is 0 Å². The van der Waals surface area contributed by atoms with E-state index in [1.807, 2.05) is 6.08 Å². The molecule has 0 saturated carbocycles. The Kier molecular flexibility index (Phi) is 5.18. The zero-order valence-electron chi connectivity index (χ0n) is 14.9. The van der Waals surface area contributed by atoms with Gasteiger partial charge in [-0.25, -0.2) is 15.0 Å². The summed E-state index contributed by atoms with van der Waals surface area (Å²) in [6.45, 7) is 1.94. The zero-order chi connectivity index (χ0) is 18.8. The summed E-state index contributed by atoms with van der Waals surface area (Å²) in [7, 11) is 1.75. The Hall–Kier alpha value is -2.32. The van der Waals surface area contributed by atoms with Crippen LogP contribution in [0.2, 0.25) is 0 Å². The summed E-state index contributed by atoms with van der Waals surface area (Å²) in [5, 5.41) is 0. The van der Waals surface area contributed by atoms with E-state index in [0.29, 0.717) is 37.0 Å². The first-order valence-electron chi connectivity index (χ1n) is 8.83. The van der Waals surface area contributed by atoms with Crippen molar-refractivity contribution in [2.24, 2.45) is 13.0 Å². The maximum Gasteiger partial charge on any atom is 0.255 e. The largest absolute Gasteiger partial charge is 0.374 e. The monoisotopic (exact) mass is 429 g/mol. The van der Waals surface area contributed by atoms with Gasteiger partial charge in [0.1, 0.15) is 6.33 Å². The van der Waals surface area contributed by atoms with Crippen molar-refractivity contribution < 1.29 is 4.74 Å². The molecule has 2 aromatic heterocycles. The third kappa shape index (κ3) is 3.72. The molecule has 0 aromatic carbocycles. The summed E-state index contributed by atoms with van der Waals surface area (Å²) in [4.78, 5) is 27.7. The van der Waals surface area contributed by atoms with Gasteiger partial charge in [0.25, 0.3) is 5.56 Å². The van der Waals surface area contributed by atoms with Gasteiger partial charge < -0.3 is 9.64 Å². The fourth-order valence-electron chi connectivity index (χ4n) is 3.40. The number of morpholine rings is 1. The van der Waals surface area contributed by atoms with Crippen LogP contribution >= 0.6 is 15.9 Å². The topological polar surface area (TPSA) is 73.1 Å². The molecule has 27 heavy (non-hydrogen) atoms. The summed E-state index contributed by atoms with van der Waals surface area (Å²) >= 11 is 3.71. The van der Waals surface area contributed by atoms with Crippen molar-refractivity contribution in [1.29, 1.82) is 0 Å². The van der Waals surface area contributed by atoms with Crippen LogP contribution in [0, 0.1) is 5.92 Å². The Bertz CT molecular complexity index is 927. The Morgan fingerprint density at radius 3 is 2.89 bits per heavy atom. The van der Waals surface area contributed by atoms with E-state index in [-0.39, 0.29) is 22.4 Å². The van der Waals surface area contributed by atoms with E-state index < -0.39 is 0 Å². The molecule has 3 heterocycles. The van der Waals surface area contributed by atoms with Crippen LogP contribution in [0.3, 0.4) is 0 Å². The molecular formula is C19H20BrN5O2. The fraction of sp³-hybridized carbons (Fsp3) is 0.368. The van der Waals surface area contributed by atoms with Crippen molar-refractivity contribution in [2.45, 2.75) is 10.9 Å². The maximum atomic E-state index is 12.5. The average molecular weight is 430 g/mol. The van der Waals surface area contributed by atoms with Gasteiger partial charge in [0.15, 0.2) is 0 Å². The molecule has 1 aliphatic heterocycles. The lowest BCUT2D eigenvalue weighted by Gasteiger charge is -2.38. The molecule has 140 valence electrons. The predicted molar refractivity (Wildman–Crippen MR) is 107 cm³/mol. The number of alkyl halides is 1. The summed E-state index contributed by atoms with van der Waals surface area (Å²) in [5.41, 5.74) is 1.07. The Morgan fingerprint density at radius 2 is 2.11 bits per heavy atom. The Balaban J connectivity index is 1.64. The summed E-state index contributed by atoms with van der Waals surface area (Å²) < 4.78 is 7.61. The van der Waals surface area contributed by atoms with Crippen LogP contribution in [-0.2, 0) is 11.8 Å². The van der Waals surface area contributed by atoms with Crippen LogP contribution in [0.25, 0.3) is 11.4 Å². The second-order valence-electron chi connectivity index (χ2n) is 6.58. The lowest BCUT2D eigenvalue weighted by atomic mass is 9.93. The van der Waals surface area contributed by atoms with Crippen LogP contribution < -0.4 is 10.5 Å². The number of halogens is 1. The highest BCUT2D eigenvalue weighted by atomic mass is 79.9. The van der Waals surface area contributed by atoms with Crippen molar-refractivity contribution in [3.05, 3.63) is 59.3 Å². The molecule has 0 spiro atoms. The quantitative estimate of drug-likeness (QED) is 0.694. The fourth-order valence-corrected chi connectivity index (χ4v) is 4.09. The van der Waals surface area contributed by atoms with Gasteiger partial charge in [0, 0.05) is 43.1 Å². The highest BCUT2D eigenvalue weighted by molar-refractivity contribution is 9.09. The standard InChI is InChI=1S/C19H20BrN5O2/c1-24-18(26)10-16(15-6-7-21-12-22-15)23-19(24)25-8-9-27-17(11-25)13-4-2-3-5-14(13)20/h2-7,10,12-14,17H,8-9,11H2,1H3/t13?,14?,17-/m0/s1. The zero-order valence-corrected chi connectivity index (χ0v) is 16.5. The van der Waals surface area contributed by atoms with Crippen LogP contribution in [0.5, 0.6) is 0 Å². The van der Waals surface area contributed by atoms with Gasteiger partial charge in [0.05, 0.1) is 24.1 Å². The molecule has 8 heteroatoms. The smallest absolute Gasteiger partial charge is 0.255 e. The third-order valence-corrected chi connectivity index (χ3v) is 5.78. The number of anilines is 1. The van der Waals surface area contributed by atoms with Crippen molar-refractivity contribution >= 4 is 21.9 Å². The van der Waals surface area contributed by atoms with Gasteiger partial charge in [-0.05, 0) is 6.07 Å². The van der Waals surface area contributed by atoms with Crippen LogP contribution in [0.1, 0.15) is 0 Å². The molecule has 3 atom stereocenters. The molecule has 0 N–H and O–H groups in total. The van der Waals surface area contributed by atoms with E-state index in [4.69, 9.17) is 9.72 Å². The minimum absolute atomic E-state index is 0.0175. The molecule has 1 saturated heterocycles. The van der Waals surface area contributed by atoms with E-state index in [0.717, 1.165) is 0 Å². The highest BCUT2D eigenvalue weighted by Gasteiger charge is 2.32. The normalized spacial score (nSPS) is 25.0. The number of allylic oxidation sites excluding steroid dienone is 3. The van der Waals surface area contributed by atoms with E-state index in [1.165, 1.54) is 12.4 Å². The van der Waals surface area contributed by atoms with Gasteiger partial charge in [-0.1, -0.05) is 40.2 Å². The predicted octanol–water partition coefficient (Wildman–Crippen LogP) is 1.95. The maximum absolute atomic E-state index is 12.5. The number of hydrogen-bond donors (Lipinski definition) is 0. The molecule has 2 aromatic rings. The Labute approximate surface area is 165 Å². The molecule has 1 aliphatic carbocycles. The Morgan fingerprint density at radius 1 is 1.26 bits per heavy atom. The van der Waals surface area contributed by atoms with Crippen LogP contribution in [0.4, 0.5) is 5.95 Å². The molecule has 7 nitrogen and oxygen atoms in total. The molecule has 4 rings (SSSR count). The van der Waals surface area contributed by atoms with Gasteiger partial charge in [0.2, 0.25) is 5.95 Å². The van der Waals surface area contributed by atoms with Crippen molar-refractivity contribution in [1.82, 2.24) is 19.5 Å².